The van der Waals surface area contributed by atoms with Crippen molar-refractivity contribution < 1.29 is 29.6 Å². The van der Waals surface area contributed by atoms with Gasteiger partial charge in [0.05, 0.1) is 0 Å². The van der Waals surface area contributed by atoms with Crippen molar-refractivity contribution in [3.05, 3.63) is 65.2 Å². The van der Waals surface area contributed by atoms with Crippen LogP contribution in [0, 0.1) is 6.92 Å². The Morgan fingerprint density at radius 1 is 1.16 bits per heavy atom. The van der Waals surface area contributed by atoms with E-state index in [0.29, 0.717) is 25.1 Å². The third kappa shape index (κ3) is 6.68. The molecule has 1 aliphatic heterocycles. The van der Waals surface area contributed by atoms with Crippen molar-refractivity contribution in [1.82, 2.24) is 9.88 Å². The number of hydrogen-bond donors (Lipinski definition) is 4. The van der Waals surface area contributed by atoms with Crippen LogP contribution in [0.25, 0.3) is 21.0 Å². The van der Waals surface area contributed by atoms with Gasteiger partial charge in [0.1, 0.15) is 18.5 Å². The molecule has 5 rings (SSSR count). The lowest BCUT2D eigenvalue weighted by molar-refractivity contribution is -0.159. The normalized spacial score (nSPS) is 18.8. The van der Waals surface area contributed by atoms with Crippen LogP contribution in [-0.4, -0.2) is 69.0 Å². The highest BCUT2D eigenvalue weighted by molar-refractivity contribution is 7.19. The number of thiophene rings is 1. The lowest BCUT2D eigenvalue weighted by Gasteiger charge is -2.38. The number of nitrogens with one attached hydrogen (secondary N) is 1. The van der Waals surface area contributed by atoms with Gasteiger partial charge in [-0.1, -0.05) is 18.2 Å². The van der Waals surface area contributed by atoms with Gasteiger partial charge < -0.3 is 25.0 Å². The van der Waals surface area contributed by atoms with E-state index in [2.05, 4.69) is 48.0 Å². The number of ether oxygens (including phenoxy) is 1. The topological polar surface area (TPSA) is 123 Å². The van der Waals surface area contributed by atoms with E-state index in [0.717, 1.165) is 36.0 Å². The number of hydrogen-bond acceptors (Lipinski definition) is 6. The zero-order valence-corrected chi connectivity index (χ0v) is 21.7. The Labute approximate surface area is 219 Å². The molecule has 1 fully saturated rings. The third-order valence-corrected chi connectivity index (χ3v) is 7.99. The molecule has 0 bridgehead atoms. The number of nitrogens with zero attached hydrogens (tertiary/aromatic N) is 1. The zero-order valence-electron chi connectivity index (χ0n) is 20.9. The molecule has 8 nitrogen and oxygen atoms in total. The molecule has 0 unspecified atom stereocenters. The SMILES string of the molecule is Cc1ccc2cc([C@H]3CCN(C[C@H](O)COc4cccc5[nH]ccc45)[C@@H](C)C3)sc2c1.O=C(O)C(=O)O. The van der Waals surface area contributed by atoms with Crippen LogP contribution in [0.5, 0.6) is 5.75 Å². The summed E-state index contributed by atoms with van der Waals surface area (Å²) in [5.74, 6) is -2.21. The van der Waals surface area contributed by atoms with Gasteiger partial charge in [0.2, 0.25) is 0 Å². The molecule has 0 spiro atoms. The van der Waals surface area contributed by atoms with Crippen LogP contribution in [0.1, 0.15) is 36.1 Å². The Morgan fingerprint density at radius 3 is 2.68 bits per heavy atom. The fraction of sp³-hybridized carbons (Fsp3) is 0.357. The van der Waals surface area contributed by atoms with E-state index in [1.165, 1.54) is 20.5 Å². The third-order valence-electron chi connectivity index (χ3n) is 6.73. The Morgan fingerprint density at radius 2 is 1.95 bits per heavy atom. The lowest BCUT2D eigenvalue weighted by Crippen LogP contribution is -2.45. The number of aliphatic carboxylic acids is 2. The number of aliphatic hydroxyl groups is 1. The first-order valence-electron chi connectivity index (χ1n) is 12.3. The summed E-state index contributed by atoms with van der Waals surface area (Å²) in [6.07, 6.45) is 3.70. The number of carboxylic acid groups (broad SMARTS) is 2. The molecule has 4 aromatic rings. The number of rotatable bonds is 6. The van der Waals surface area contributed by atoms with Crippen LogP contribution >= 0.6 is 11.3 Å². The van der Waals surface area contributed by atoms with Gasteiger partial charge in [-0.2, -0.15) is 0 Å². The zero-order chi connectivity index (χ0) is 26.5. The highest BCUT2D eigenvalue weighted by Gasteiger charge is 2.28. The number of carboxylic acids is 2. The summed E-state index contributed by atoms with van der Waals surface area (Å²) in [6, 6.07) is 17.6. The lowest BCUT2D eigenvalue weighted by atomic mass is 9.90. The monoisotopic (exact) mass is 524 g/mol. The molecular weight excluding hydrogens is 492 g/mol. The van der Waals surface area contributed by atoms with Crippen LogP contribution in [0.4, 0.5) is 0 Å². The highest BCUT2D eigenvalue weighted by atomic mass is 32.1. The van der Waals surface area contributed by atoms with E-state index in [1.807, 2.05) is 41.8 Å². The maximum atomic E-state index is 10.6. The van der Waals surface area contributed by atoms with Crippen molar-refractivity contribution in [2.75, 3.05) is 19.7 Å². The number of benzene rings is 2. The smallest absolute Gasteiger partial charge is 0.414 e. The molecule has 37 heavy (non-hydrogen) atoms. The molecule has 1 aliphatic rings. The minimum atomic E-state index is -1.82. The van der Waals surface area contributed by atoms with Crippen molar-refractivity contribution in [2.24, 2.45) is 0 Å². The molecule has 0 amide bonds. The van der Waals surface area contributed by atoms with Gasteiger partial charge in [-0.25, -0.2) is 9.59 Å². The number of aromatic nitrogens is 1. The highest BCUT2D eigenvalue weighted by Crippen LogP contribution is 2.38. The Bertz CT molecular complexity index is 1370. The predicted octanol–water partition coefficient (Wildman–Crippen LogP) is 4.85. The van der Waals surface area contributed by atoms with Crippen molar-refractivity contribution in [3.8, 4) is 5.75 Å². The maximum absolute atomic E-state index is 10.6. The van der Waals surface area contributed by atoms with E-state index < -0.39 is 18.0 Å². The Balaban J connectivity index is 0.000000480. The maximum Gasteiger partial charge on any atom is 0.414 e. The molecule has 2 aromatic carbocycles. The van der Waals surface area contributed by atoms with Crippen molar-refractivity contribution in [1.29, 1.82) is 0 Å². The quantitative estimate of drug-likeness (QED) is 0.266. The van der Waals surface area contributed by atoms with Crippen molar-refractivity contribution in [3.63, 3.8) is 0 Å². The van der Waals surface area contributed by atoms with E-state index in [1.54, 1.807) is 0 Å². The summed E-state index contributed by atoms with van der Waals surface area (Å²) in [4.78, 5) is 25.3. The number of piperidine rings is 1. The van der Waals surface area contributed by atoms with Gasteiger partial charge in [0.15, 0.2) is 0 Å². The summed E-state index contributed by atoms with van der Waals surface area (Å²) in [7, 11) is 0. The van der Waals surface area contributed by atoms with E-state index in [4.69, 9.17) is 24.5 Å². The average Bonchev–Trinajstić information content (AvgIpc) is 3.51. The molecule has 3 heterocycles. The number of aromatic amines is 1. The molecule has 2 aromatic heterocycles. The molecule has 1 saturated heterocycles. The molecule has 0 aliphatic carbocycles. The molecule has 0 radical (unpaired) electrons. The van der Waals surface area contributed by atoms with Gasteiger partial charge in [0.25, 0.3) is 0 Å². The van der Waals surface area contributed by atoms with Crippen molar-refractivity contribution >= 4 is 44.3 Å². The molecule has 4 N–H and O–H groups in total. The van der Waals surface area contributed by atoms with Gasteiger partial charge in [-0.3, -0.25) is 4.90 Å². The first kappa shape index (κ1) is 26.7. The standard InChI is InChI=1S/C26H30N2O2S.C2H2O4/c1-17-6-7-19-14-26(31-25(19)12-17)20-9-11-28(18(2)13-20)15-21(29)16-30-24-5-3-4-23-22(24)8-10-27-23;3-1(4)2(5)6/h3-8,10,12,14,18,20-21,27,29H,9,11,13,15-16H2,1-2H3;(H,3,4)(H,5,6)/t18-,20-,21-;/m0./s1. The summed E-state index contributed by atoms with van der Waals surface area (Å²) >= 11 is 1.95. The number of aryl methyl sites for hydroxylation is 1. The largest absolute Gasteiger partial charge is 0.490 e. The average molecular weight is 525 g/mol. The molecule has 0 saturated carbocycles. The fourth-order valence-electron chi connectivity index (χ4n) is 4.80. The second-order valence-electron chi connectivity index (χ2n) is 9.53. The predicted molar refractivity (Wildman–Crippen MR) is 145 cm³/mol. The number of carbonyl (C=O) groups is 2. The number of aliphatic hydroxyl groups excluding tert-OH is 1. The van der Waals surface area contributed by atoms with Crippen LogP contribution in [0.3, 0.4) is 0 Å². The van der Waals surface area contributed by atoms with Crippen LogP contribution < -0.4 is 4.74 Å². The van der Waals surface area contributed by atoms with Gasteiger partial charge in [-0.05, 0) is 80.4 Å². The van der Waals surface area contributed by atoms with E-state index in [9.17, 15) is 5.11 Å². The second kappa shape index (κ2) is 11.8. The van der Waals surface area contributed by atoms with E-state index >= 15 is 0 Å². The van der Waals surface area contributed by atoms with Crippen LogP contribution in [-0.2, 0) is 9.59 Å². The second-order valence-corrected chi connectivity index (χ2v) is 10.6. The summed E-state index contributed by atoms with van der Waals surface area (Å²) in [6.45, 7) is 6.43. The van der Waals surface area contributed by atoms with Crippen molar-refractivity contribution in [2.45, 2.75) is 44.8 Å². The summed E-state index contributed by atoms with van der Waals surface area (Å²) in [5, 5.41) is 27.8. The summed E-state index contributed by atoms with van der Waals surface area (Å²) in [5.41, 5.74) is 2.38. The fourth-order valence-corrected chi connectivity index (χ4v) is 6.11. The number of likely N-dealkylation sites (tertiary alicyclic amines) is 1. The number of β-amino-alcohol motifs (C(OH)–C–C–N with tert-alkyl or cyclic N) is 1. The Hall–Kier alpha value is -3.40. The number of H-pyrrole nitrogens is 1. The summed E-state index contributed by atoms with van der Waals surface area (Å²) < 4.78 is 7.35. The minimum absolute atomic E-state index is 0.312. The van der Waals surface area contributed by atoms with Gasteiger partial charge >= 0.3 is 11.9 Å². The minimum Gasteiger partial charge on any atom is -0.490 e. The molecule has 3 atom stereocenters. The molecule has 196 valence electrons. The van der Waals surface area contributed by atoms with E-state index in [-0.39, 0.29) is 0 Å². The first-order chi connectivity index (χ1) is 17.7. The van der Waals surface area contributed by atoms with Gasteiger partial charge in [0, 0.05) is 39.3 Å². The molecule has 9 heteroatoms. The molecular formula is C28H32N2O6S. The first-order valence-corrected chi connectivity index (χ1v) is 13.1. The number of fused-ring (bicyclic) bond motifs is 2. The van der Waals surface area contributed by atoms with Crippen LogP contribution in [0.15, 0.2) is 54.7 Å². The Kier molecular flexibility index (Phi) is 8.48. The van der Waals surface area contributed by atoms with Gasteiger partial charge in [-0.15, -0.1) is 11.3 Å². The van der Waals surface area contributed by atoms with Crippen LogP contribution in [0.2, 0.25) is 0 Å².